The SMILES string of the molecule is O=C(C=Cc1ccc([N+](=O)[O-])cc1)N1CC[C@@H](O)C1. The average Bonchev–Trinajstić information content (AvgIpc) is 2.83. The Kier molecular flexibility index (Phi) is 3.91. The number of aliphatic hydroxyl groups is 1. The van der Waals surface area contributed by atoms with Crippen molar-refractivity contribution < 1.29 is 14.8 Å². The molecule has 0 aliphatic carbocycles. The van der Waals surface area contributed by atoms with E-state index in [1.165, 1.54) is 18.2 Å². The van der Waals surface area contributed by atoms with Crippen molar-refractivity contribution in [3.8, 4) is 0 Å². The van der Waals surface area contributed by atoms with E-state index in [1.807, 2.05) is 0 Å². The molecule has 1 fully saturated rings. The number of nitro benzene ring substituents is 1. The zero-order valence-corrected chi connectivity index (χ0v) is 10.2. The lowest BCUT2D eigenvalue weighted by molar-refractivity contribution is -0.384. The molecule has 0 aromatic heterocycles. The van der Waals surface area contributed by atoms with E-state index >= 15 is 0 Å². The lowest BCUT2D eigenvalue weighted by Gasteiger charge is -2.12. The predicted molar refractivity (Wildman–Crippen MR) is 69.3 cm³/mol. The molecule has 1 aromatic carbocycles. The van der Waals surface area contributed by atoms with Gasteiger partial charge in [0.25, 0.3) is 5.69 Å². The molecule has 1 N–H and O–H groups in total. The van der Waals surface area contributed by atoms with Gasteiger partial charge in [0.1, 0.15) is 0 Å². The van der Waals surface area contributed by atoms with Crippen LogP contribution in [-0.2, 0) is 4.79 Å². The van der Waals surface area contributed by atoms with E-state index in [-0.39, 0.29) is 11.6 Å². The second-order valence-corrected chi connectivity index (χ2v) is 4.41. The van der Waals surface area contributed by atoms with Gasteiger partial charge in [-0.05, 0) is 30.2 Å². The van der Waals surface area contributed by atoms with Crippen LogP contribution in [0.25, 0.3) is 6.08 Å². The first-order chi connectivity index (χ1) is 9.06. The van der Waals surface area contributed by atoms with Gasteiger partial charge in [-0.25, -0.2) is 0 Å². The van der Waals surface area contributed by atoms with Crippen molar-refractivity contribution in [1.82, 2.24) is 4.90 Å². The van der Waals surface area contributed by atoms with Crippen LogP contribution in [-0.4, -0.2) is 40.0 Å². The van der Waals surface area contributed by atoms with Crippen LogP contribution in [0, 0.1) is 10.1 Å². The topological polar surface area (TPSA) is 83.7 Å². The normalized spacial score (nSPS) is 19.0. The Balaban J connectivity index is 1.98. The third-order valence-corrected chi connectivity index (χ3v) is 3.00. The van der Waals surface area contributed by atoms with Gasteiger partial charge in [0.05, 0.1) is 11.0 Å². The van der Waals surface area contributed by atoms with E-state index in [0.717, 1.165) is 5.56 Å². The van der Waals surface area contributed by atoms with Gasteiger partial charge in [-0.3, -0.25) is 14.9 Å². The second kappa shape index (κ2) is 5.62. The number of carbonyl (C=O) groups excluding carboxylic acids is 1. The molecule has 19 heavy (non-hydrogen) atoms. The molecule has 0 radical (unpaired) electrons. The Morgan fingerprint density at radius 1 is 1.42 bits per heavy atom. The molecule has 1 aromatic rings. The van der Waals surface area contributed by atoms with Gasteiger partial charge in [-0.1, -0.05) is 0 Å². The minimum atomic E-state index is -0.468. The number of aliphatic hydroxyl groups excluding tert-OH is 1. The Hall–Kier alpha value is -2.21. The van der Waals surface area contributed by atoms with Crippen LogP contribution >= 0.6 is 0 Å². The van der Waals surface area contributed by atoms with Crippen molar-refractivity contribution in [2.75, 3.05) is 13.1 Å². The summed E-state index contributed by atoms with van der Waals surface area (Å²) in [7, 11) is 0. The Morgan fingerprint density at radius 3 is 2.63 bits per heavy atom. The van der Waals surface area contributed by atoms with Crippen LogP contribution in [0.4, 0.5) is 5.69 Å². The Bertz CT molecular complexity index is 510. The summed E-state index contributed by atoms with van der Waals surface area (Å²) in [6, 6.07) is 5.95. The monoisotopic (exact) mass is 262 g/mol. The standard InChI is InChI=1S/C13H14N2O4/c16-12-7-8-14(9-12)13(17)6-3-10-1-4-11(5-2-10)15(18)19/h1-6,12,16H,7-9H2/t12-/m1/s1. The van der Waals surface area contributed by atoms with Crippen LogP contribution < -0.4 is 0 Å². The van der Waals surface area contributed by atoms with Crippen molar-refractivity contribution in [2.45, 2.75) is 12.5 Å². The number of carbonyl (C=O) groups is 1. The van der Waals surface area contributed by atoms with E-state index in [4.69, 9.17) is 0 Å². The third kappa shape index (κ3) is 3.38. The van der Waals surface area contributed by atoms with Gasteiger partial charge < -0.3 is 10.0 Å². The van der Waals surface area contributed by atoms with Gasteiger partial charge in [0, 0.05) is 31.3 Å². The van der Waals surface area contributed by atoms with Crippen LogP contribution in [0.2, 0.25) is 0 Å². The number of hydrogen-bond donors (Lipinski definition) is 1. The molecule has 0 unspecified atom stereocenters. The highest BCUT2D eigenvalue weighted by Crippen LogP contribution is 2.14. The number of likely N-dealkylation sites (tertiary alicyclic amines) is 1. The van der Waals surface area contributed by atoms with E-state index in [1.54, 1.807) is 23.1 Å². The zero-order chi connectivity index (χ0) is 13.8. The number of non-ortho nitro benzene ring substituents is 1. The van der Waals surface area contributed by atoms with E-state index in [2.05, 4.69) is 0 Å². The van der Waals surface area contributed by atoms with E-state index < -0.39 is 11.0 Å². The molecule has 2 rings (SSSR count). The maximum atomic E-state index is 11.8. The van der Waals surface area contributed by atoms with Crippen molar-refractivity contribution in [1.29, 1.82) is 0 Å². The van der Waals surface area contributed by atoms with Crippen molar-refractivity contribution in [2.24, 2.45) is 0 Å². The summed E-state index contributed by atoms with van der Waals surface area (Å²) in [6.07, 6.45) is 3.20. The number of amides is 1. The Labute approximate surface area is 110 Å². The van der Waals surface area contributed by atoms with Gasteiger partial charge in [0.15, 0.2) is 0 Å². The van der Waals surface area contributed by atoms with Crippen LogP contribution in [0.1, 0.15) is 12.0 Å². The minimum absolute atomic E-state index is 0.0196. The van der Waals surface area contributed by atoms with Crippen molar-refractivity contribution in [3.63, 3.8) is 0 Å². The molecular weight excluding hydrogens is 248 g/mol. The van der Waals surface area contributed by atoms with Crippen LogP contribution in [0.3, 0.4) is 0 Å². The fourth-order valence-corrected chi connectivity index (χ4v) is 1.92. The molecule has 0 saturated carbocycles. The van der Waals surface area contributed by atoms with Crippen LogP contribution in [0.15, 0.2) is 30.3 Å². The maximum Gasteiger partial charge on any atom is 0.269 e. The van der Waals surface area contributed by atoms with Gasteiger partial charge >= 0.3 is 0 Å². The third-order valence-electron chi connectivity index (χ3n) is 3.00. The molecule has 0 spiro atoms. The smallest absolute Gasteiger partial charge is 0.269 e. The number of β-amino-alcohol motifs (C(OH)–C–C–N with tert-alkyl or cyclic N) is 1. The predicted octanol–water partition coefficient (Wildman–Crippen LogP) is 1.20. The maximum absolute atomic E-state index is 11.8. The molecule has 0 bridgehead atoms. The molecule has 1 saturated heterocycles. The number of rotatable bonds is 3. The van der Waals surface area contributed by atoms with Crippen LogP contribution in [0.5, 0.6) is 0 Å². The fraction of sp³-hybridized carbons (Fsp3) is 0.308. The largest absolute Gasteiger partial charge is 0.391 e. The first kappa shape index (κ1) is 13.2. The highest BCUT2D eigenvalue weighted by molar-refractivity contribution is 5.92. The molecule has 6 heteroatoms. The first-order valence-electron chi connectivity index (χ1n) is 5.96. The molecular formula is C13H14N2O4. The van der Waals surface area contributed by atoms with Gasteiger partial charge in [-0.2, -0.15) is 0 Å². The minimum Gasteiger partial charge on any atom is -0.391 e. The summed E-state index contributed by atoms with van der Waals surface area (Å²) in [6.45, 7) is 0.925. The van der Waals surface area contributed by atoms with Gasteiger partial charge in [0.2, 0.25) is 5.91 Å². The number of nitrogens with zero attached hydrogens (tertiary/aromatic N) is 2. The Morgan fingerprint density at radius 2 is 2.11 bits per heavy atom. The molecule has 100 valence electrons. The number of nitro groups is 1. The highest BCUT2D eigenvalue weighted by atomic mass is 16.6. The summed E-state index contributed by atoms with van der Waals surface area (Å²) >= 11 is 0. The molecule has 6 nitrogen and oxygen atoms in total. The van der Waals surface area contributed by atoms with E-state index in [0.29, 0.717) is 19.5 Å². The highest BCUT2D eigenvalue weighted by Gasteiger charge is 2.22. The zero-order valence-electron chi connectivity index (χ0n) is 10.2. The number of hydrogen-bond acceptors (Lipinski definition) is 4. The average molecular weight is 262 g/mol. The quantitative estimate of drug-likeness (QED) is 0.504. The summed E-state index contributed by atoms with van der Waals surface area (Å²) in [5, 5.41) is 19.8. The lowest BCUT2D eigenvalue weighted by Crippen LogP contribution is -2.27. The number of benzene rings is 1. The van der Waals surface area contributed by atoms with Crippen molar-refractivity contribution >= 4 is 17.7 Å². The van der Waals surface area contributed by atoms with E-state index in [9.17, 15) is 20.0 Å². The molecule has 1 heterocycles. The molecule has 1 atom stereocenters. The van der Waals surface area contributed by atoms with Crippen molar-refractivity contribution in [3.05, 3.63) is 46.0 Å². The lowest BCUT2D eigenvalue weighted by atomic mass is 10.2. The summed E-state index contributed by atoms with van der Waals surface area (Å²) in [4.78, 5) is 23.4. The summed E-state index contributed by atoms with van der Waals surface area (Å²) < 4.78 is 0. The summed E-state index contributed by atoms with van der Waals surface area (Å²) in [5.74, 6) is -0.157. The molecule has 1 aliphatic heterocycles. The summed E-state index contributed by atoms with van der Waals surface area (Å²) in [5.41, 5.74) is 0.741. The molecule has 1 amide bonds. The first-order valence-corrected chi connectivity index (χ1v) is 5.96. The van der Waals surface area contributed by atoms with Gasteiger partial charge in [-0.15, -0.1) is 0 Å². The molecule has 1 aliphatic rings. The fourth-order valence-electron chi connectivity index (χ4n) is 1.92. The second-order valence-electron chi connectivity index (χ2n) is 4.41.